The molecule has 0 unspecified atom stereocenters. The number of nitrogens with zero attached hydrogens (tertiary/aromatic N) is 5. The fourth-order valence-electron chi connectivity index (χ4n) is 4.55. The number of anilines is 2. The van der Waals surface area contributed by atoms with Crippen molar-refractivity contribution in [2.24, 2.45) is 0 Å². The Morgan fingerprint density at radius 3 is 2.73 bits per heavy atom. The van der Waals surface area contributed by atoms with Gasteiger partial charge in [-0.3, -0.25) is 0 Å². The molecule has 9 heteroatoms. The van der Waals surface area contributed by atoms with Gasteiger partial charge in [0, 0.05) is 30.4 Å². The smallest absolute Gasteiger partial charge is 0.137 e. The molecule has 0 amide bonds. The van der Waals surface area contributed by atoms with Crippen LogP contribution in [-0.4, -0.2) is 50.5 Å². The third kappa shape index (κ3) is 4.55. The Labute approximate surface area is 192 Å². The van der Waals surface area contributed by atoms with Crippen molar-refractivity contribution in [3.8, 4) is 11.3 Å². The highest BCUT2D eigenvalue weighted by Crippen LogP contribution is 2.36. The molecule has 1 saturated heterocycles. The Kier molecular flexibility index (Phi) is 6.60. The van der Waals surface area contributed by atoms with E-state index < -0.39 is 12.1 Å². The summed E-state index contributed by atoms with van der Waals surface area (Å²) in [6, 6.07) is 4.80. The van der Waals surface area contributed by atoms with Gasteiger partial charge in [-0.1, -0.05) is 13.8 Å². The largest absolute Gasteiger partial charge is 0.395 e. The molecule has 7 nitrogen and oxygen atoms in total. The molecular weight excluding hydrogens is 426 g/mol. The monoisotopic (exact) mass is 456 g/mol. The molecule has 2 aromatic heterocycles. The van der Waals surface area contributed by atoms with E-state index in [1.54, 1.807) is 25.3 Å². The standard InChI is InChI=1S/C24H30F2N6O/c1-14(2)21-22(27)28-13-29-24(21)31-7-6-17(19(26)11-31)23-30-20(12-32(23)8-9-33)16-4-5-18(25)15(3)10-16/h4-5,10,12-14,17,19,33H,6-9,11H2,1-3H3,(H2,27,28,29)/t17-,19+/m1/s1. The molecule has 3 N–H and O–H groups in total. The number of nitrogen functional groups attached to an aromatic ring is 1. The van der Waals surface area contributed by atoms with Crippen LogP contribution in [-0.2, 0) is 6.54 Å². The summed E-state index contributed by atoms with van der Waals surface area (Å²) in [6.45, 7) is 6.72. The zero-order valence-electron chi connectivity index (χ0n) is 19.2. The van der Waals surface area contributed by atoms with Crippen molar-refractivity contribution in [2.75, 3.05) is 30.3 Å². The zero-order chi connectivity index (χ0) is 23.7. The van der Waals surface area contributed by atoms with Crippen LogP contribution in [0.3, 0.4) is 0 Å². The summed E-state index contributed by atoms with van der Waals surface area (Å²) < 4.78 is 31.1. The molecule has 33 heavy (non-hydrogen) atoms. The molecule has 4 rings (SSSR count). The number of aromatic nitrogens is 4. The highest BCUT2D eigenvalue weighted by atomic mass is 19.1. The van der Waals surface area contributed by atoms with Crippen LogP contribution in [0.5, 0.6) is 0 Å². The number of aliphatic hydroxyl groups is 1. The molecule has 2 atom stereocenters. The minimum absolute atomic E-state index is 0.0843. The number of aryl methyl sites for hydroxylation is 1. The second kappa shape index (κ2) is 9.43. The lowest BCUT2D eigenvalue weighted by Gasteiger charge is -2.36. The van der Waals surface area contributed by atoms with Crippen LogP contribution < -0.4 is 10.6 Å². The van der Waals surface area contributed by atoms with Gasteiger partial charge in [-0.05, 0) is 43.0 Å². The molecule has 1 aliphatic heterocycles. The summed E-state index contributed by atoms with van der Waals surface area (Å²) in [5.74, 6) is 1.10. The first-order valence-electron chi connectivity index (χ1n) is 11.2. The van der Waals surface area contributed by atoms with Crippen LogP contribution in [0.1, 0.15) is 49.1 Å². The van der Waals surface area contributed by atoms with Gasteiger partial charge in [0.1, 0.15) is 35.8 Å². The van der Waals surface area contributed by atoms with Crippen LogP contribution in [0.2, 0.25) is 0 Å². The molecule has 176 valence electrons. The summed E-state index contributed by atoms with van der Waals surface area (Å²) in [7, 11) is 0. The molecular formula is C24H30F2N6O. The zero-order valence-corrected chi connectivity index (χ0v) is 19.2. The summed E-state index contributed by atoms with van der Waals surface area (Å²) in [6.07, 6.45) is 2.57. The number of aliphatic hydroxyl groups excluding tert-OH is 1. The Morgan fingerprint density at radius 2 is 2.06 bits per heavy atom. The number of imidazole rings is 1. The number of alkyl halides is 1. The molecule has 0 radical (unpaired) electrons. The van der Waals surface area contributed by atoms with Gasteiger partial charge in [0.05, 0.1) is 24.8 Å². The second-order valence-electron chi connectivity index (χ2n) is 8.87. The number of rotatable bonds is 6. The molecule has 3 heterocycles. The Bertz CT molecular complexity index is 1130. The highest BCUT2D eigenvalue weighted by molar-refractivity contribution is 5.60. The van der Waals surface area contributed by atoms with Gasteiger partial charge in [-0.25, -0.2) is 23.7 Å². The summed E-state index contributed by atoms with van der Waals surface area (Å²) >= 11 is 0. The number of hydrogen-bond acceptors (Lipinski definition) is 6. The van der Waals surface area contributed by atoms with Crippen LogP contribution in [0.15, 0.2) is 30.7 Å². The topological polar surface area (TPSA) is 93.1 Å². The molecule has 1 aliphatic rings. The van der Waals surface area contributed by atoms with Crippen molar-refractivity contribution in [1.29, 1.82) is 0 Å². The maximum atomic E-state index is 15.6. The van der Waals surface area contributed by atoms with Gasteiger partial charge in [-0.15, -0.1) is 0 Å². The third-order valence-corrected chi connectivity index (χ3v) is 6.25. The summed E-state index contributed by atoms with van der Waals surface area (Å²) in [5.41, 5.74) is 8.84. The molecule has 0 spiro atoms. The number of piperidine rings is 1. The Morgan fingerprint density at radius 1 is 1.27 bits per heavy atom. The van der Waals surface area contributed by atoms with E-state index >= 15 is 4.39 Å². The lowest BCUT2D eigenvalue weighted by atomic mass is 9.93. The first-order chi connectivity index (χ1) is 15.8. The van der Waals surface area contributed by atoms with E-state index in [0.29, 0.717) is 48.2 Å². The highest BCUT2D eigenvalue weighted by Gasteiger charge is 2.35. The van der Waals surface area contributed by atoms with Crippen molar-refractivity contribution in [3.63, 3.8) is 0 Å². The minimum atomic E-state index is -1.18. The summed E-state index contributed by atoms with van der Waals surface area (Å²) in [4.78, 5) is 15.2. The van der Waals surface area contributed by atoms with Gasteiger partial charge in [0.15, 0.2) is 0 Å². The lowest BCUT2D eigenvalue weighted by molar-refractivity contribution is 0.231. The average molecular weight is 457 g/mol. The van der Waals surface area contributed by atoms with Crippen LogP contribution in [0.4, 0.5) is 20.4 Å². The van der Waals surface area contributed by atoms with Gasteiger partial charge in [-0.2, -0.15) is 0 Å². The van der Waals surface area contributed by atoms with Crippen molar-refractivity contribution in [2.45, 2.75) is 51.7 Å². The minimum Gasteiger partial charge on any atom is -0.395 e. The maximum Gasteiger partial charge on any atom is 0.137 e. The third-order valence-electron chi connectivity index (χ3n) is 6.25. The molecule has 1 fully saturated rings. The lowest BCUT2D eigenvalue weighted by Crippen LogP contribution is -2.42. The van der Waals surface area contributed by atoms with Crippen molar-refractivity contribution >= 4 is 11.6 Å². The number of benzene rings is 1. The molecule has 0 aliphatic carbocycles. The fourth-order valence-corrected chi connectivity index (χ4v) is 4.55. The fraction of sp³-hybridized carbons (Fsp3) is 0.458. The van der Waals surface area contributed by atoms with Crippen LogP contribution >= 0.6 is 0 Å². The predicted octanol–water partition coefficient (Wildman–Crippen LogP) is 3.82. The normalized spacial score (nSPS) is 18.8. The molecule has 1 aromatic carbocycles. The Balaban J connectivity index is 1.62. The quantitative estimate of drug-likeness (QED) is 0.586. The maximum absolute atomic E-state index is 15.6. The Hall–Kier alpha value is -3.07. The number of halogens is 2. The van der Waals surface area contributed by atoms with Crippen molar-refractivity contribution < 1.29 is 13.9 Å². The van der Waals surface area contributed by atoms with Gasteiger partial charge in [0.25, 0.3) is 0 Å². The first kappa shape index (κ1) is 23.1. The second-order valence-corrected chi connectivity index (χ2v) is 8.87. The number of nitrogens with two attached hydrogens (primary N) is 1. The van der Waals surface area contributed by atoms with Gasteiger partial charge in [0.2, 0.25) is 0 Å². The van der Waals surface area contributed by atoms with E-state index in [1.165, 1.54) is 12.4 Å². The van der Waals surface area contributed by atoms with Gasteiger partial charge >= 0.3 is 0 Å². The van der Waals surface area contributed by atoms with Gasteiger partial charge < -0.3 is 20.3 Å². The SMILES string of the molecule is Cc1cc(-c2cn(CCO)c([C@@H]3CCN(c4ncnc(N)c4C(C)C)C[C@@H]3F)n2)ccc1F. The van der Waals surface area contributed by atoms with Crippen LogP contribution in [0.25, 0.3) is 11.3 Å². The average Bonchev–Trinajstić information content (AvgIpc) is 3.19. The van der Waals surface area contributed by atoms with E-state index in [2.05, 4.69) is 9.97 Å². The molecule has 0 saturated carbocycles. The molecule has 0 bridgehead atoms. The first-order valence-corrected chi connectivity index (χ1v) is 11.2. The van der Waals surface area contributed by atoms with Crippen LogP contribution in [0, 0.1) is 12.7 Å². The molecule has 3 aromatic rings. The van der Waals surface area contributed by atoms with Crippen molar-refractivity contribution in [3.05, 3.63) is 53.5 Å². The summed E-state index contributed by atoms with van der Waals surface area (Å²) in [5, 5.41) is 9.54. The van der Waals surface area contributed by atoms with E-state index in [-0.39, 0.29) is 24.9 Å². The van der Waals surface area contributed by atoms with E-state index in [1.807, 2.05) is 23.3 Å². The van der Waals surface area contributed by atoms with E-state index in [9.17, 15) is 9.50 Å². The van der Waals surface area contributed by atoms with E-state index in [4.69, 9.17) is 10.7 Å². The number of hydrogen-bond donors (Lipinski definition) is 2. The van der Waals surface area contributed by atoms with E-state index in [0.717, 1.165) is 11.1 Å². The predicted molar refractivity (Wildman–Crippen MR) is 124 cm³/mol. The van der Waals surface area contributed by atoms with Crippen molar-refractivity contribution in [1.82, 2.24) is 19.5 Å².